The molecule has 1 N–H and O–H groups in total. The molecule has 5 heteroatoms. The third-order valence-electron chi connectivity index (χ3n) is 4.19. The molecule has 2 atom stereocenters. The summed E-state index contributed by atoms with van der Waals surface area (Å²) < 4.78 is 5.56. The first-order valence-electron chi connectivity index (χ1n) is 7.79. The molecule has 1 heterocycles. The first-order chi connectivity index (χ1) is 10.5. The number of hydrogen-bond acceptors (Lipinski definition) is 3. The van der Waals surface area contributed by atoms with Gasteiger partial charge in [0.05, 0.1) is 0 Å². The molecule has 0 aliphatic carbocycles. The number of carbonyl (C=O) groups is 2. The van der Waals surface area contributed by atoms with E-state index in [1.54, 1.807) is 31.3 Å². The van der Waals surface area contributed by atoms with Crippen molar-refractivity contribution < 1.29 is 14.3 Å². The Morgan fingerprint density at radius 1 is 1.18 bits per heavy atom. The van der Waals surface area contributed by atoms with Gasteiger partial charge in [-0.2, -0.15) is 0 Å². The molecule has 22 heavy (non-hydrogen) atoms. The van der Waals surface area contributed by atoms with E-state index in [2.05, 4.69) is 19.2 Å². The lowest BCUT2D eigenvalue weighted by atomic mass is 9.97. The van der Waals surface area contributed by atoms with Gasteiger partial charge in [0.15, 0.2) is 6.61 Å². The van der Waals surface area contributed by atoms with Gasteiger partial charge in [0.2, 0.25) is 0 Å². The van der Waals surface area contributed by atoms with Gasteiger partial charge in [-0.05, 0) is 57.4 Å². The molecule has 2 unspecified atom stereocenters. The smallest absolute Gasteiger partial charge is 0.260 e. The molecule has 0 saturated carbocycles. The van der Waals surface area contributed by atoms with E-state index in [1.165, 1.54) is 6.42 Å². The van der Waals surface area contributed by atoms with Crippen molar-refractivity contribution >= 4 is 11.8 Å². The minimum Gasteiger partial charge on any atom is -0.484 e. The number of benzene rings is 1. The van der Waals surface area contributed by atoms with Crippen molar-refractivity contribution in [1.29, 1.82) is 0 Å². The molecule has 1 fully saturated rings. The van der Waals surface area contributed by atoms with Gasteiger partial charge in [-0.25, -0.2) is 0 Å². The maximum absolute atomic E-state index is 12.4. The Bertz CT molecular complexity index is 517. The second-order valence-corrected chi connectivity index (χ2v) is 5.82. The maximum Gasteiger partial charge on any atom is 0.260 e. The molecule has 120 valence electrons. The topological polar surface area (TPSA) is 58.6 Å². The van der Waals surface area contributed by atoms with Gasteiger partial charge in [0.25, 0.3) is 11.8 Å². The third kappa shape index (κ3) is 3.78. The minimum atomic E-state index is -0.140. The monoisotopic (exact) mass is 304 g/mol. The van der Waals surface area contributed by atoms with Gasteiger partial charge >= 0.3 is 0 Å². The quantitative estimate of drug-likeness (QED) is 0.928. The summed E-state index contributed by atoms with van der Waals surface area (Å²) >= 11 is 0. The zero-order valence-corrected chi connectivity index (χ0v) is 13.5. The number of nitrogens with zero attached hydrogens (tertiary/aromatic N) is 1. The summed E-state index contributed by atoms with van der Waals surface area (Å²) in [5.74, 6) is 0.479. The van der Waals surface area contributed by atoms with Crippen LogP contribution in [0.2, 0.25) is 0 Å². The number of ether oxygens (including phenoxy) is 1. The van der Waals surface area contributed by atoms with Crippen molar-refractivity contribution in [3.63, 3.8) is 0 Å². The van der Waals surface area contributed by atoms with Gasteiger partial charge in [-0.3, -0.25) is 9.59 Å². The summed E-state index contributed by atoms with van der Waals surface area (Å²) in [6.07, 6.45) is 3.28. The van der Waals surface area contributed by atoms with E-state index in [0.29, 0.717) is 11.3 Å². The lowest BCUT2D eigenvalue weighted by molar-refractivity contribution is -0.139. The van der Waals surface area contributed by atoms with E-state index < -0.39 is 0 Å². The highest BCUT2D eigenvalue weighted by atomic mass is 16.5. The van der Waals surface area contributed by atoms with Crippen LogP contribution in [0.5, 0.6) is 5.75 Å². The zero-order chi connectivity index (χ0) is 16.1. The van der Waals surface area contributed by atoms with E-state index in [9.17, 15) is 9.59 Å². The number of rotatable bonds is 4. The largest absolute Gasteiger partial charge is 0.484 e. The van der Waals surface area contributed by atoms with Gasteiger partial charge in [0.1, 0.15) is 5.75 Å². The standard InChI is InChI=1S/C17H24N2O3/c1-12-5-4-6-13(2)19(12)16(20)11-22-15-9-7-14(8-10-15)17(21)18-3/h7-10,12-13H,4-6,11H2,1-3H3,(H,18,21). The van der Waals surface area contributed by atoms with Crippen LogP contribution in [0, 0.1) is 0 Å². The molecule has 1 saturated heterocycles. The molecule has 1 aromatic rings. The highest BCUT2D eigenvalue weighted by Gasteiger charge is 2.28. The Kier molecular flexibility index (Phi) is 5.41. The number of carbonyl (C=O) groups excluding carboxylic acids is 2. The second kappa shape index (κ2) is 7.29. The van der Waals surface area contributed by atoms with Gasteiger partial charge in [0, 0.05) is 24.7 Å². The predicted octanol–water partition coefficient (Wildman–Crippen LogP) is 2.21. The van der Waals surface area contributed by atoms with Crippen molar-refractivity contribution in [2.45, 2.75) is 45.2 Å². The van der Waals surface area contributed by atoms with E-state index in [4.69, 9.17) is 4.74 Å². The molecule has 0 bridgehead atoms. The molecular formula is C17H24N2O3. The van der Waals surface area contributed by atoms with Crippen molar-refractivity contribution in [3.05, 3.63) is 29.8 Å². The van der Waals surface area contributed by atoms with E-state index >= 15 is 0 Å². The SMILES string of the molecule is CNC(=O)c1ccc(OCC(=O)N2C(C)CCCC2C)cc1. The number of amides is 2. The molecule has 1 aliphatic heterocycles. The second-order valence-electron chi connectivity index (χ2n) is 5.82. The van der Waals surface area contributed by atoms with Crippen LogP contribution in [0.15, 0.2) is 24.3 Å². The first kappa shape index (κ1) is 16.3. The Labute approximate surface area is 131 Å². The number of piperidine rings is 1. The van der Waals surface area contributed by atoms with E-state index in [1.807, 2.05) is 4.90 Å². The highest BCUT2D eigenvalue weighted by molar-refractivity contribution is 5.94. The maximum atomic E-state index is 12.4. The van der Waals surface area contributed by atoms with Crippen molar-refractivity contribution in [1.82, 2.24) is 10.2 Å². The van der Waals surface area contributed by atoms with Crippen LogP contribution < -0.4 is 10.1 Å². The summed E-state index contributed by atoms with van der Waals surface area (Å²) in [5, 5.41) is 2.56. The number of nitrogens with one attached hydrogen (secondary N) is 1. The van der Waals surface area contributed by atoms with Gasteiger partial charge in [-0.1, -0.05) is 0 Å². The summed E-state index contributed by atoms with van der Waals surface area (Å²) in [4.78, 5) is 25.7. The van der Waals surface area contributed by atoms with Crippen LogP contribution in [-0.4, -0.2) is 42.5 Å². The molecule has 0 radical (unpaired) electrons. The lowest BCUT2D eigenvalue weighted by Crippen LogP contribution is -2.49. The Morgan fingerprint density at radius 3 is 2.32 bits per heavy atom. The van der Waals surface area contributed by atoms with Crippen molar-refractivity contribution in [3.8, 4) is 5.75 Å². The van der Waals surface area contributed by atoms with Gasteiger partial charge < -0.3 is 15.0 Å². The predicted molar refractivity (Wildman–Crippen MR) is 84.9 cm³/mol. The average molecular weight is 304 g/mol. The highest BCUT2D eigenvalue weighted by Crippen LogP contribution is 2.22. The van der Waals surface area contributed by atoms with Crippen LogP contribution in [0.25, 0.3) is 0 Å². The molecule has 5 nitrogen and oxygen atoms in total. The normalized spacial score (nSPS) is 21.3. The summed E-state index contributed by atoms with van der Waals surface area (Å²) in [7, 11) is 1.59. The number of likely N-dealkylation sites (tertiary alicyclic amines) is 1. The molecule has 0 spiro atoms. The summed E-state index contributed by atoms with van der Waals surface area (Å²) in [6, 6.07) is 7.34. The lowest BCUT2D eigenvalue weighted by Gasteiger charge is -2.38. The minimum absolute atomic E-state index is 0.0232. The molecular weight excluding hydrogens is 280 g/mol. The average Bonchev–Trinajstić information content (AvgIpc) is 2.52. The third-order valence-corrected chi connectivity index (χ3v) is 4.19. The summed E-state index contributed by atoms with van der Waals surface area (Å²) in [5.41, 5.74) is 0.569. The van der Waals surface area contributed by atoms with Crippen LogP contribution in [0.3, 0.4) is 0 Å². The zero-order valence-electron chi connectivity index (χ0n) is 13.5. The molecule has 1 aromatic carbocycles. The van der Waals surface area contributed by atoms with Crippen molar-refractivity contribution in [2.75, 3.05) is 13.7 Å². The van der Waals surface area contributed by atoms with Crippen molar-refractivity contribution in [2.24, 2.45) is 0 Å². The van der Waals surface area contributed by atoms with Crippen LogP contribution in [-0.2, 0) is 4.79 Å². The fourth-order valence-corrected chi connectivity index (χ4v) is 2.98. The summed E-state index contributed by atoms with van der Waals surface area (Å²) in [6.45, 7) is 4.21. The molecule has 2 rings (SSSR count). The van der Waals surface area contributed by atoms with Crippen LogP contribution in [0.4, 0.5) is 0 Å². The van der Waals surface area contributed by atoms with E-state index in [0.717, 1.165) is 12.8 Å². The Morgan fingerprint density at radius 2 is 1.77 bits per heavy atom. The van der Waals surface area contributed by atoms with Gasteiger partial charge in [-0.15, -0.1) is 0 Å². The molecule has 0 aromatic heterocycles. The first-order valence-corrected chi connectivity index (χ1v) is 7.79. The van der Waals surface area contributed by atoms with Crippen LogP contribution >= 0.6 is 0 Å². The Balaban J connectivity index is 1.92. The fourth-order valence-electron chi connectivity index (χ4n) is 2.98. The van der Waals surface area contributed by atoms with E-state index in [-0.39, 0.29) is 30.5 Å². The fraction of sp³-hybridized carbons (Fsp3) is 0.529. The molecule has 2 amide bonds. The Hall–Kier alpha value is -2.04. The number of hydrogen-bond donors (Lipinski definition) is 1. The molecule has 1 aliphatic rings. The van der Waals surface area contributed by atoms with Crippen LogP contribution in [0.1, 0.15) is 43.5 Å².